The number of sulfone groups is 1. The number of hydrogen-bond donors (Lipinski definition) is 0. The monoisotopic (exact) mass is 503 g/mol. The normalized spacial score (nSPS) is 15.3. The van der Waals surface area contributed by atoms with Crippen molar-refractivity contribution >= 4 is 20.9 Å². The lowest BCUT2D eigenvalue weighted by Gasteiger charge is -2.21. The van der Waals surface area contributed by atoms with Gasteiger partial charge in [-0.2, -0.15) is 0 Å². The number of benzene rings is 5. The zero-order valence-electron chi connectivity index (χ0n) is 24.7. The third-order valence-corrected chi connectivity index (χ3v) is 8.63. The Balaban J connectivity index is 1.23. The minimum absolute atomic E-state index is 0.166. The Bertz CT molecular complexity index is 2180. The predicted octanol–water partition coefficient (Wildman–Crippen LogP) is 7.48. The molecular formula is C32H22N2O2S. The van der Waals surface area contributed by atoms with E-state index in [1.54, 1.807) is 30.3 Å². The quantitative estimate of drug-likeness (QED) is 0.251. The summed E-state index contributed by atoms with van der Waals surface area (Å²) >= 11 is 0. The number of nitrogens with zero attached hydrogens (tertiary/aromatic N) is 2. The van der Waals surface area contributed by atoms with Crippen molar-refractivity contribution in [1.82, 2.24) is 9.55 Å². The average molecular weight is 504 g/mol. The molecule has 0 saturated carbocycles. The molecule has 5 aromatic carbocycles. The third kappa shape index (κ3) is 3.35. The molecule has 4 nitrogen and oxygen atoms in total. The maximum Gasteiger partial charge on any atom is 0.210 e. The second-order valence-electron chi connectivity index (χ2n) is 8.96. The summed E-state index contributed by atoms with van der Waals surface area (Å²) in [5, 5.41) is 0. The number of fused-ring (bicyclic) bond motifs is 2. The van der Waals surface area contributed by atoms with Gasteiger partial charge in [-0.15, -0.1) is 0 Å². The lowest BCUT2D eigenvalue weighted by atomic mass is 9.98. The van der Waals surface area contributed by atoms with Gasteiger partial charge in [-0.1, -0.05) is 90.9 Å². The van der Waals surface area contributed by atoms with E-state index in [1.807, 2.05) is 66.1 Å². The molecule has 0 atom stereocenters. The Morgan fingerprint density at radius 3 is 1.89 bits per heavy atom. The van der Waals surface area contributed by atoms with Crippen LogP contribution >= 0.6 is 0 Å². The molecule has 2 heterocycles. The van der Waals surface area contributed by atoms with Crippen LogP contribution in [0.1, 0.15) is 12.7 Å². The Hall–Kier alpha value is -4.48. The number of aryl methyl sites for hydroxylation is 1. The highest BCUT2D eigenvalue weighted by molar-refractivity contribution is 7.92. The van der Waals surface area contributed by atoms with Gasteiger partial charge in [0.25, 0.3) is 0 Å². The highest BCUT2D eigenvalue weighted by Crippen LogP contribution is 2.40. The molecule has 1 aromatic heterocycles. The minimum Gasteiger partial charge on any atom is -0.294 e. The maximum atomic E-state index is 13.6. The SMILES string of the molecule is [2H]c1c([2H])c([2H])c(-c2ccc(-c3ccc(-c4ccc5c(c4)S(=O)(=O)c4cccc6nc(C)n-5c46)cc3)cc2)c([2H])c1[2H]. The fourth-order valence-electron chi connectivity index (χ4n) is 5.01. The molecule has 0 spiro atoms. The number of aromatic nitrogens is 2. The first-order chi connectivity index (χ1) is 20.1. The maximum absolute atomic E-state index is 13.6. The van der Waals surface area contributed by atoms with Crippen LogP contribution in [0.15, 0.2) is 125 Å². The van der Waals surface area contributed by atoms with Crippen LogP contribution in [0.3, 0.4) is 0 Å². The number of rotatable bonds is 3. The van der Waals surface area contributed by atoms with E-state index in [9.17, 15) is 8.42 Å². The summed E-state index contributed by atoms with van der Waals surface area (Å²) in [4.78, 5) is 5.07. The van der Waals surface area contributed by atoms with Gasteiger partial charge in [0.15, 0.2) is 0 Å². The van der Waals surface area contributed by atoms with Crippen LogP contribution in [0.4, 0.5) is 0 Å². The topological polar surface area (TPSA) is 52.0 Å². The first kappa shape index (κ1) is 17.1. The summed E-state index contributed by atoms with van der Waals surface area (Å²) in [6.07, 6.45) is 0. The molecule has 1 aliphatic rings. The van der Waals surface area contributed by atoms with E-state index in [-0.39, 0.29) is 39.5 Å². The van der Waals surface area contributed by atoms with E-state index in [1.165, 1.54) is 0 Å². The number of para-hydroxylation sites is 1. The molecule has 37 heavy (non-hydrogen) atoms. The highest BCUT2D eigenvalue weighted by Gasteiger charge is 2.32. The number of imidazole rings is 1. The standard InChI is InChI=1S/C32H22N2O2S/c1-21-33-28-8-5-9-30-32(28)34(21)29-19-18-27(20-31(29)37(30,35)36)26-16-14-25(15-17-26)24-12-10-23(11-13-24)22-6-3-2-4-7-22/h2-20H,1H3/i2D,3D,4D,6D,7D. The second-order valence-corrected chi connectivity index (χ2v) is 10.8. The zero-order valence-corrected chi connectivity index (χ0v) is 20.5. The van der Waals surface area contributed by atoms with Gasteiger partial charge < -0.3 is 0 Å². The molecule has 0 bridgehead atoms. The van der Waals surface area contributed by atoms with Crippen molar-refractivity contribution in [3.63, 3.8) is 0 Å². The minimum atomic E-state index is -3.74. The Morgan fingerprint density at radius 1 is 0.676 bits per heavy atom. The van der Waals surface area contributed by atoms with E-state index in [0.29, 0.717) is 22.3 Å². The van der Waals surface area contributed by atoms with Gasteiger partial charge in [-0.05, 0) is 64.6 Å². The van der Waals surface area contributed by atoms with Crippen LogP contribution in [0.5, 0.6) is 0 Å². The molecule has 0 saturated heterocycles. The summed E-state index contributed by atoms with van der Waals surface area (Å²) < 4.78 is 69.4. The summed E-state index contributed by atoms with van der Waals surface area (Å²) in [6.45, 7) is 1.87. The van der Waals surface area contributed by atoms with Crippen LogP contribution < -0.4 is 0 Å². The van der Waals surface area contributed by atoms with E-state index >= 15 is 0 Å². The van der Waals surface area contributed by atoms with E-state index in [2.05, 4.69) is 4.98 Å². The largest absolute Gasteiger partial charge is 0.294 e. The van der Waals surface area contributed by atoms with Crippen molar-refractivity contribution in [3.8, 4) is 39.1 Å². The Labute approximate surface area is 222 Å². The predicted molar refractivity (Wildman–Crippen MR) is 148 cm³/mol. The van der Waals surface area contributed by atoms with Crippen molar-refractivity contribution in [3.05, 3.63) is 121 Å². The molecule has 0 unspecified atom stereocenters. The molecule has 178 valence electrons. The summed E-state index contributed by atoms with van der Waals surface area (Å²) in [7, 11) is -3.74. The van der Waals surface area contributed by atoms with Crippen LogP contribution in [0.25, 0.3) is 50.1 Å². The molecule has 5 heteroatoms. The fraction of sp³-hybridized carbons (Fsp3) is 0.0312. The Morgan fingerprint density at radius 2 is 1.24 bits per heavy atom. The van der Waals surface area contributed by atoms with Gasteiger partial charge in [0.2, 0.25) is 9.84 Å². The molecule has 0 amide bonds. The molecule has 0 aliphatic carbocycles. The van der Waals surface area contributed by atoms with E-state index in [0.717, 1.165) is 28.1 Å². The van der Waals surface area contributed by atoms with Crippen molar-refractivity contribution in [2.75, 3.05) is 0 Å². The number of hydrogen-bond acceptors (Lipinski definition) is 3. The molecule has 7 rings (SSSR count). The lowest BCUT2D eigenvalue weighted by Crippen LogP contribution is -2.15. The summed E-state index contributed by atoms with van der Waals surface area (Å²) in [5.74, 6) is 0.725. The zero-order chi connectivity index (χ0) is 29.5. The fourth-order valence-corrected chi connectivity index (χ4v) is 6.68. The first-order valence-corrected chi connectivity index (χ1v) is 13.2. The highest BCUT2D eigenvalue weighted by atomic mass is 32.2. The second kappa shape index (κ2) is 8.02. The Kier molecular flexibility index (Phi) is 3.70. The van der Waals surface area contributed by atoms with Crippen LogP contribution in [-0.2, 0) is 9.84 Å². The van der Waals surface area contributed by atoms with Crippen molar-refractivity contribution in [2.24, 2.45) is 0 Å². The molecule has 1 aliphatic heterocycles. The van der Waals surface area contributed by atoms with Gasteiger partial charge in [0.1, 0.15) is 5.82 Å². The first-order valence-electron chi connectivity index (χ1n) is 14.2. The van der Waals surface area contributed by atoms with Crippen molar-refractivity contribution in [1.29, 1.82) is 0 Å². The van der Waals surface area contributed by atoms with Crippen LogP contribution in [0, 0.1) is 6.92 Å². The van der Waals surface area contributed by atoms with Crippen LogP contribution in [-0.4, -0.2) is 18.0 Å². The van der Waals surface area contributed by atoms with E-state index < -0.39 is 15.9 Å². The van der Waals surface area contributed by atoms with Gasteiger partial charge in [-0.3, -0.25) is 4.57 Å². The molecule has 0 fully saturated rings. The average Bonchev–Trinajstić information content (AvgIpc) is 3.34. The third-order valence-electron chi connectivity index (χ3n) is 6.81. The van der Waals surface area contributed by atoms with Gasteiger partial charge in [0, 0.05) is 0 Å². The van der Waals surface area contributed by atoms with Gasteiger partial charge in [0.05, 0.1) is 33.4 Å². The van der Waals surface area contributed by atoms with Crippen molar-refractivity contribution < 1.29 is 15.3 Å². The summed E-state index contributed by atoms with van der Waals surface area (Å²) in [5.41, 5.74) is 6.00. The molecule has 6 aromatic rings. The summed E-state index contributed by atoms with van der Waals surface area (Å²) in [6, 6.07) is 24.0. The van der Waals surface area contributed by atoms with Gasteiger partial charge in [-0.25, -0.2) is 13.4 Å². The molecular weight excluding hydrogens is 476 g/mol. The van der Waals surface area contributed by atoms with Crippen LogP contribution in [0.2, 0.25) is 0 Å². The van der Waals surface area contributed by atoms with E-state index in [4.69, 9.17) is 6.85 Å². The molecule has 0 N–H and O–H groups in total. The smallest absolute Gasteiger partial charge is 0.210 e. The van der Waals surface area contributed by atoms with Crippen molar-refractivity contribution in [2.45, 2.75) is 16.7 Å². The molecule has 0 radical (unpaired) electrons. The lowest BCUT2D eigenvalue weighted by molar-refractivity contribution is 0.594. The van der Waals surface area contributed by atoms with Gasteiger partial charge >= 0.3 is 0 Å².